The first-order valence-electron chi connectivity index (χ1n) is 9.43. The summed E-state index contributed by atoms with van der Waals surface area (Å²) in [7, 11) is 0. The van der Waals surface area contributed by atoms with Crippen LogP contribution in [0.25, 0.3) is 5.70 Å². The average molecular weight is 364 g/mol. The lowest BCUT2D eigenvalue weighted by molar-refractivity contribution is 0.0939. The minimum Gasteiger partial charge on any atom is -0.352 e. The summed E-state index contributed by atoms with van der Waals surface area (Å²) in [6.45, 7) is 0.778. The minimum atomic E-state index is -0.0134. The summed E-state index contributed by atoms with van der Waals surface area (Å²) < 4.78 is 0. The van der Waals surface area contributed by atoms with Crippen LogP contribution in [-0.4, -0.2) is 12.5 Å². The molecule has 1 amide bonds. The van der Waals surface area contributed by atoms with Crippen molar-refractivity contribution in [3.63, 3.8) is 0 Å². The van der Waals surface area contributed by atoms with Crippen LogP contribution in [0.3, 0.4) is 0 Å². The molecular weight excluding hydrogens is 336 g/mol. The minimum absolute atomic E-state index is 0. The lowest BCUT2D eigenvalue weighted by atomic mass is 9.85. The van der Waals surface area contributed by atoms with Gasteiger partial charge < -0.3 is 10.6 Å². The van der Waals surface area contributed by atoms with E-state index in [0.717, 1.165) is 29.3 Å². The second-order valence-electron chi connectivity index (χ2n) is 6.99. The molecule has 1 saturated carbocycles. The van der Waals surface area contributed by atoms with Gasteiger partial charge >= 0.3 is 0 Å². The van der Waals surface area contributed by atoms with Gasteiger partial charge in [0, 0.05) is 20.6 Å². The SMILES string of the molecule is O=C(NCC1CCC1)c1cccc(NC2=CC=C(c3ccccc3)NN2)c1.[HH].[HH]. The Morgan fingerprint density at radius 3 is 2.59 bits per heavy atom. The van der Waals surface area contributed by atoms with Gasteiger partial charge in [-0.25, -0.2) is 0 Å². The number of carbonyl (C=O) groups is 1. The first-order valence-corrected chi connectivity index (χ1v) is 9.43. The molecule has 0 spiro atoms. The van der Waals surface area contributed by atoms with Crippen LogP contribution in [0.5, 0.6) is 0 Å². The summed E-state index contributed by atoms with van der Waals surface area (Å²) >= 11 is 0. The maximum absolute atomic E-state index is 12.3. The average Bonchev–Trinajstić information content (AvgIpc) is 2.68. The molecule has 2 aromatic carbocycles. The van der Waals surface area contributed by atoms with Gasteiger partial charge in [-0.05, 0) is 54.7 Å². The lowest BCUT2D eigenvalue weighted by Gasteiger charge is -2.25. The second kappa shape index (κ2) is 7.99. The van der Waals surface area contributed by atoms with Crippen LogP contribution >= 0.6 is 0 Å². The van der Waals surface area contributed by atoms with E-state index in [1.807, 2.05) is 54.6 Å². The monoisotopic (exact) mass is 364 g/mol. The van der Waals surface area contributed by atoms with Gasteiger partial charge in [0.05, 0.1) is 5.70 Å². The predicted molar refractivity (Wildman–Crippen MR) is 113 cm³/mol. The largest absolute Gasteiger partial charge is 0.352 e. The maximum Gasteiger partial charge on any atom is 0.251 e. The Kier molecular flexibility index (Phi) is 5.10. The van der Waals surface area contributed by atoms with Gasteiger partial charge in [-0.1, -0.05) is 42.8 Å². The van der Waals surface area contributed by atoms with Gasteiger partial charge in [0.1, 0.15) is 5.82 Å². The van der Waals surface area contributed by atoms with E-state index in [1.54, 1.807) is 0 Å². The van der Waals surface area contributed by atoms with E-state index in [9.17, 15) is 4.79 Å². The fraction of sp³-hybridized carbons (Fsp3) is 0.227. The summed E-state index contributed by atoms with van der Waals surface area (Å²) in [4.78, 5) is 12.3. The molecule has 0 saturated heterocycles. The van der Waals surface area contributed by atoms with Crippen LogP contribution in [-0.2, 0) is 0 Å². The van der Waals surface area contributed by atoms with E-state index in [0.29, 0.717) is 11.5 Å². The van der Waals surface area contributed by atoms with E-state index in [2.05, 4.69) is 33.6 Å². The summed E-state index contributed by atoms with van der Waals surface area (Å²) in [5.74, 6) is 1.46. The topological polar surface area (TPSA) is 65.2 Å². The molecule has 5 heteroatoms. The molecule has 0 aromatic heterocycles. The molecule has 1 aliphatic heterocycles. The zero-order valence-electron chi connectivity index (χ0n) is 15.2. The van der Waals surface area contributed by atoms with Crippen LogP contribution in [0.4, 0.5) is 5.69 Å². The van der Waals surface area contributed by atoms with Crippen LogP contribution in [0.2, 0.25) is 0 Å². The zero-order valence-corrected chi connectivity index (χ0v) is 15.2. The van der Waals surface area contributed by atoms with Crippen molar-refractivity contribution in [2.45, 2.75) is 19.3 Å². The van der Waals surface area contributed by atoms with Gasteiger partial charge in [-0.2, -0.15) is 0 Å². The number of hydrogen-bond donors (Lipinski definition) is 4. The molecule has 2 aromatic rings. The van der Waals surface area contributed by atoms with Crippen LogP contribution in [0.15, 0.2) is 72.6 Å². The molecule has 0 bridgehead atoms. The van der Waals surface area contributed by atoms with Crippen molar-refractivity contribution >= 4 is 17.3 Å². The number of amides is 1. The van der Waals surface area contributed by atoms with Crippen LogP contribution < -0.4 is 21.5 Å². The van der Waals surface area contributed by atoms with Crippen molar-refractivity contribution in [3.05, 3.63) is 83.7 Å². The third-order valence-electron chi connectivity index (χ3n) is 5.01. The van der Waals surface area contributed by atoms with Crippen molar-refractivity contribution in [2.75, 3.05) is 11.9 Å². The molecule has 1 fully saturated rings. The quantitative estimate of drug-likeness (QED) is 0.623. The van der Waals surface area contributed by atoms with Crippen LogP contribution in [0.1, 0.15) is 38.0 Å². The normalized spacial score (nSPS) is 16.1. The van der Waals surface area contributed by atoms with E-state index >= 15 is 0 Å². The first-order chi connectivity index (χ1) is 13.3. The fourth-order valence-corrected chi connectivity index (χ4v) is 3.17. The molecular formula is C22H28N4O. The van der Waals surface area contributed by atoms with Crippen molar-refractivity contribution < 1.29 is 7.65 Å². The van der Waals surface area contributed by atoms with Crippen LogP contribution in [0, 0.1) is 5.92 Å². The first kappa shape index (κ1) is 17.2. The van der Waals surface area contributed by atoms with Gasteiger partial charge in [0.15, 0.2) is 0 Å². The zero-order chi connectivity index (χ0) is 18.5. The van der Waals surface area contributed by atoms with E-state index in [1.165, 1.54) is 19.3 Å². The van der Waals surface area contributed by atoms with Crippen molar-refractivity contribution in [1.82, 2.24) is 16.2 Å². The Morgan fingerprint density at radius 1 is 1.04 bits per heavy atom. The highest BCUT2D eigenvalue weighted by molar-refractivity contribution is 5.95. The summed E-state index contributed by atoms with van der Waals surface area (Å²) in [6.07, 6.45) is 7.74. The highest BCUT2D eigenvalue weighted by Gasteiger charge is 2.18. The molecule has 5 nitrogen and oxygen atoms in total. The Balaban J connectivity index is 0.00000150. The summed E-state index contributed by atoms with van der Waals surface area (Å²) in [5, 5.41) is 6.34. The Bertz CT molecular complexity index is 879. The Hall–Kier alpha value is -3.21. The highest BCUT2D eigenvalue weighted by Crippen LogP contribution is 2.25. The second-order valence-corrected chi connectivity index (χ2v) is 6.99. The van der Waals surface area contributed by atoms with E-state index in [-0.39, 0.29) is 8.76 Å². The van der Waals surface area contributed by atoms with Gasteiger partial charge in [-0.15, -0.1) is 0 Å². The number of hydrazine groups is 1. The molecule has 2 aliphatic rings. The third-order valence-corrected chi connectivity index (χ3v) is 5.01. The van der Waals surface area contributed by atoms with E-state index in [4.69, 9.17) is 0 Å². The highest BCUT2D eigenvalue weighted by atomic mass is 16.1. The fourth-order valence-electron chi connectivity index (χ4n) is 3.17. The number of nitrogens with one attached hydrogen (secondary N) is 4. The van der Waals surface area contributed by atoms with Gasteiger partial charge in [0.2, 0.25) is 0 Å². The molecule has 1 aliphatic carbocycles. The third kappa shape index (κ3) is 4.31. The molecule has 142 valence electrons. The number of rotatable bonds is 6. The van der Waals surface area contributed by atoms with Crippen molar-refractivity contribution in [1.29, 1.82) is 0 Å². The Labute approximate surface area is 162 Å². The number of anilines is 1. The van der Waals surface area contributed by atoms with Gasteiger partial charge in [-0.3, -0.25) is 15.6 Å². The molecule has 4 rings (SSSR count). The smallest absolute Gasteiger partial charge is 0.251 e. The number of hydrogen-bond acceptors (Lipinski definition) is 4. The Morgan fingerprint density at radius 2 is 1.89 bits per heavy atom. The van der Waals surface area contributed by atoms with Crippen molar-refractivity contribution in [3.8, 4) is 0 Å². The van der Waals surface area contributed by atoms with Gasteiger partial charge in [0.25, 0.3) is 5.91 Å². The molecule has 0 radical (unpaired) electrons. The number of benzene rings is 2. The maximum atomic E-state index is 12.3. The molecule has 0 unspecified atom stereocenters. The van der Waals surface area contributed by atoms with Crippen molar-refractivity contribution in [2.24, 2.45) is 5.92 Å². The summed E-state index contributed by atoms with van der Waals surface area (Å²) in [5.41, 5.74) is 10.00. The summed E-state index contributed by atoms with van der Waals surface area (Å²) in [6, 6.07) is 17.7. The molecule has 0 atom stereocenters. The molecule has 1 heterocycles. The number of allylic oxidation sites excluding steroid dienone is 2. The lowest BCUT2D eigenvalue weighted by Crippen LogP contribution is -2.35. The molecule has 27 heavy (non-hydrogen) atoms. The predicted octanol–water partition coefficient (Wildman–Crippen LogP) is 4.11. The molecule has 4 N–H and O–H groups in total. The number of carbonyl (C=O) groups excluding carboxylic acids is 1. The standard InChI is InChI=1S/C22H24N4O.2H2/c27-22(23-15-16-6-4-7-16)18-10-5-11-19(14-18)24-21-13-12-20(25-26-21)17-8-2-1-3-9-17;;/h1-3,5,8-14,16,24-26H,4,6-7,15H2,(H,23,27);2*1H. The van der Waals surface area contributed by atoms with E-state index < -0.39 is 0 Å².